The first-order valence-electron chi connectivity index (χ1n) is 10.0. The molecule has 8 nitrogen and oxygen atoms in total. The molecule has 33 heavy (non-hydrogen) atoms. The van der Waals surface area contributed by atoms with E-state index >= 15 is 0 Å². The van der Waals surface area contributed by atoms with E-state index in [1.165, 1.54) is 11.4 Å². The number of aromatic nitrogens is 2. The van der Waals surface area contributed by atoms with Crippen LogP contribution in [0.25, 0.3) is 0 Å². The second kappa shape index (κ2) is 9.88. The molecule has 0 aliphatic rings. The van der Waals surface area contributed by atoms with Crippen LogP contribution >= 0.6 is 11.3 Å². The fourth-order valence-electron chi connectivity index (χ4n) is 3.09. The van der Waals surface area contributed by atoms with Gasteiger partial charge in [0, 0.05) is 13.1 Å². The minimum atomic E-state index is -3.60. The Morgan fingerprint density at radius 2 is 1.82 bits per heavy atom. The quantitative estimate of drug-likeness (QED) is 0.391. The number of ether oxygens (including phenoxy) is 1. The number of carbonyl (C=O) groups is 1. The highest BCUT2D eigenvalue weighted by Gasteiger charge is 2.22. The fourth-order valence-corrected chi connectivity index (χ4v) is 5.44. The summed E-state index contributed by atoms with van der Waals surface area (Å²) in [7, 11) is -2.11. The molecule has 1 N–H and O–H groups in total. The summed E-state index contributed by atoms with van der Waals surface area (Å²) in [5, 5.41) is 8.77. The van der Waals surface area contributed by atoms with Gasteiger partial charge in [0.25, 0.3) is 15.9 Å². The number of anilines is 2. The number of amides is 1. The molecule has 4 aromatic rings. The molecule has 0 aliphatic heterocycles. The Balaban J connectivity index is 1.33. The number of hydrogen-bond acceptors (Lipinski definition) is 6. The van der Waals surface area contributed by atoms with Crippen LogP contribution in [0.5, 0.6) is 5.75 Å². The number of carbonyl (C=O) groups excluding carboxylic acids is 1. The van der Waals surface area contributed by atoms with Crippen LogP contribution in [0.2, 0.25) is 0 Å². The van der Waals surface area contributed by atoms with Gasteiger partial charge in [-0.1, -0.05) is 36.4 Å². The molecular formula is C23H22N4O4S2. The van der Waals surface area contributed by atoms with Crippen molar-refractivity contribution in [1.82, 2.24) is 9.78 Å². The summed E-state index contributed by atoms with van der Waals surface area (Å²) in [4.78, 5) is 12.4. The summed E-state index contributed by atoms with van der Waals surface area (Å²) in [5.41, 5.74) is 1.56. The highest BCUT2D eigenvalue weighted by Crippen LogP contribution is 2.26. The second-order valence-electron chi connectivity index (χ2n) is 7.10. The molecule has 0 unspecified atom stereocenters. The van der Waals surface area contributed by atoms with Crippen molar-refractivity contribution in [3.63, 3.8) is 0 Å². The van der Waals surface area contributed by atoms with Gasteiger partial charge in [0.15, 0.2) is 6.61 Å². The van der Waals surface area contributed by atoms with Gasteiger partial charge in [-0.05, 0) is 41.3 Å². The first kappa shape index (κ1) is 22.6. The van der Waals surface area contributed by atoms with E-state index in [1.54, 1.807) is 58.7 Å². The van der Waals surface area contributed by atoms with E-state index in [-0.39, 0.29) is 16.7 Å². The lowest BCUT2D eigenvalue weighted by atomic mass is 10.2. The highest BCUT2D eigenvalue weighted by atomic mass is 32.2. The molecular weight excluding hydrogens is 460 g/mol. The first-order valence-corrected chi connectivity index (χ1v) is 12.4. The molecule has 0 saturated carbocycles. The molecule has 0 saturated heterocycles. The summed E-state index contributed by atoms with van der Waals surface area (Å²) in [5.74, 6) is 0.697. The molecule has 0 radical (unpaired) electrons. The van der Waals surface area contributed by atoms with Crippen LogP contribution in [-0.4, -0.2) is 37.8 Å². The monoisotopic (exact) mass is 482 g/mol. The SMILES string of the molecule is CN(c1ccc(OCC(=O)Nc2ccnn2Cc2ccccc2)cc1)S(=O)(=O)c1cccs1. The topological polar surface area (TPSA) is 93.5 Å². The van der Waals surface area contributed by atoms with E-state index in [0.29, 0.717) is 23.8 Å². The lowest BCUT2D eigenvalue weighted by molar-refractivity contribution is -0.118. The van der Waals surface area contributed by atoms with Crippen molar-refractivity contribution in [2.75, 3.05) is 23.3 Å². The molecule has 4 rings (SSSR count). The minimum absolute atomic E-state index is 0.195. The molecule has 1 amide bonds. The van der Waals surface area contributed by atoms with Gasteiger partial charge >= 0.3 is 0 Å². The zero-order chi connectivity index (χ0) is 23.3. The number of sulfonamides is 1. The van der Waals surface area contributed by atoms with Gasteiger partial charge in [0.2, 0.25) is 0 Å². The van der Waals surface area contributed by atoms with Gasteiger partial charge < -0.3 is 10.1 Å². The summed E-state index contributed by atoms with van der Waals surface area (Å²) < 4.78 is 34.0. The molecule has 0 aliphatic carbocycles. The molecule has 2 aromatic carbocycles. The number of hydrogen-bond donors (Lipinski definition) is 1. The van der Waals surface area contributed by atoms with Crippen LogP contribution in [-0.2, 0) is 21.4 Å². The first-order chi connectivity index (χ1) is 15.9. The molecule has 10 heteroatoms. The van der Waals surface area contributed by atoms with Crippen molar-refractivity contribution in [2.24, 2.45) is 0 Å². The number of nitrogens with zero attached hydrogens (tertiary/aromatic N) is 3. The average Bonchev–Trinajstić information content (AvgIpc) is 3.52. The molecule has 2 heterocycles. The van der Waals surface area contributed by atoms with Crippen LogP contribution < -0.4 is 14.4 Å². The Morgan fingerprint density at radius 3 is 2.52 bits per heavy atom. The predicted molar refractivity (Wildman–Crippen MR) is 128 cm³/mol. The lowest BCUT2D eigenvalue weighted by Gasteiger charge is -2.18. The Hall–Kier alpha value is -3.63. The van der Waals surface area contributed by atoms with Crippen molar-refractivity contribution in [3.05, 3.63) is 89.9 Å². The zero-order valence-corrected chi connectivity index (χ0v) is 19.4. The largest absolute Gasteiger partial charge is 0.484 e. The smallest absolute Gasteiger partial charge is 0.273 e. The highest BCUT2D eigenvalue weighted by molar-refractivity contribution is 7.94. The van der Waals surface area contributed by atoms with Crippen LogP contribution in [0.3, 0.4) is 0 Å². The third kappa shape index (κ3) is 5.41. The summed E-state index contributed by atoms with van der Waals surface area (Å²) in [6, 6.07) is 21.3. The van der Waals surface area contributed by atoms with Crippen molar-refractivity contribution in [1.29, 1.82) is 0 Å². The predicted octanol–water partition coefficient (Wildman–Crippen LogP) is 3.84. The van der Waals surface area contributed by atoms with Crippen molar-refractivity contribution in [3.8, 4) is 5.75 Å². The van der Waals surface area contributed by atoms with Crippen molar-refractivity contribution < 1.29 is 17.9 Å². The van der Waals surface area contributed by atoms with Gasteiger partial charge in [0.1, 0.15) is 15.8 Å². The van der Waals surface area contributed by atoms with E-state index < -0.39 is 10.0 Å². The number of rotatable bonds is 9. The number of thiophene rings is 1. The van der Waals surface area contributed by atoms with Crippen LogP contribution in [0.1, 0.15) is 5.56 Å². The maximum Gasteiger partial charge on any atom is 0.273 e. The number of benzene rings is 2. The Labute approximate surface area is 196 Å². The van der Waals surface area contributed by atoms with E-state index in [2.05, 4.69) is 10.4 Å². The van der Waals surface area contributed by atoms with Gasteiger partial charge in [-0.2, -0.15) is 5.10 Å². The van der Waals surface area contributed by atoms with E-state index in [0.717, 1.165) is 16.9 Å². The molecule has 0 spiro atoms. The van der Waals surface area contributed by atoms with Crippen molar-refractivity contribution in [2.45, 2.75) is 10.8 Å². The molecule has 170 valence electrons. The number of nitrogens with one attached hydrogen (secondary N) is 1. The fraction of sp³-hybridized carbons (Fsp3) is 0.130. The molecule has 0 atom stereocenters. The van der Waals surface area contributed by atoms with E-state index in [9.17, 15) is 13.2 Å². The minimum Gasteiger partial charge on any atom is -0.484 e. The van der Waals surface area contributed by atoms with Crippen LogP contribution in [0, 0.1) is 0 Å². The normalized spacial score (nSPS) is 11.2. The van der Waals surface area contributed by atoms with Gasteiger partial charge in [-0.25, -0.2) is 13.1 Å². The van der Waals surface area contributed by atoms with Crippen molar-refractivity contribution >= 4 is 38.8 Å². The van der Waals surface area contributed by atoms with Gasteiger partial charge in [-0.3, -0.25) is 9.10 Å². The maximum absolute atomic E-state index is 12.6. The maximum atomic E-state index is 12.6. The Kier molecular flexibility index (Phi) is 6.76. The summed E-state index contributed by atoms with van der Waals surface area (Å²) >= 11 is 1.16. The van der Waals surface area contributed by atoms with Crippen LogP contribution in [0.15, 0.2) is 88.6 Å². The zero-order valence-electron chi connectivity index (χ0n) is 17.8. The third-order valence-corrected chi connectivity index (χ3v) is 8.00. The van der Waals surface area contributed by atoms with Gasteiger partial charge in [-0.15, -0.1) is 11.3 Å². The van der Waals surface area contributed by atoms with Gasteiger partial charge in [0.05, 0.1) is 18.4 Å². The van der Waals surface area contributed by atoms with Crippen LogP contribution in [0.4, 0.5) is 11.5 Å². The Morgan fingerprint density at radius 1 is 1.06 bits per heavy atom. The summed E-state index contributed by atoms with van der Waals surface area (Å²) in [6.45, 7) is 0.340. The standard InChI is InChI=1S/C23H22N4O4S2/c1-26(33(29,30)23-8-5-15-32-23)19-9-11-20(12-10-19)31-17-22(28)25-21-13-14-24-27(21)16-18-6-3-2-4-7-18/h2-15H,16-17H2,1H3,(H,25,28). The third-order valence-electron chi connectivity index (χ3n) is 4.84. The molecule has 2 aromatic heterocycles. The average molecular weight is 483 g/mol. The molecule has 0 bridgehead atoms. The van der Waals surface area contributed by atoms with E-state index in [4.69, 9.17) is 4.74 Å². The van der Waals surface area contributed by atoms with E-state index in [1.807, 2.05) is 30.3 Å². The molecule has 0 fully saturated rings. The summed E-state index contributed by atoms with van der Waals surface area (Å²) in [6.07, 6.45) is 1.62. The lowest BCUT2D eigenvalue weighted by Crippen LogP contribution is -2.25. The Bertz CT molecular complexity index is 1300. The second-order valence-corrected chi connectivity index (χ2v) is 10.2.